The molecule has 0 bridgehead atoms. The van der Waals surface area contributed by atoms with Crippen LogP contribution in [0.4, 0.5) is 0 Å². The standard InChI is InChI=1S/C15H19N3O/c1-11-6-7-14(13-5-3-2-4-12(11)13)16-9-8-15-17-10-18-19-15/h2-5,10-11,14,16H,6-9H2,1H3. The van der Waals surface area contributed by atoms with E-state index in [2.05, 4.69) is 46.6 Å². The van der Waals surface area contributed by atoms with Gasteiger partial charge in [-0.2, -0.15) is 4.98 Å². The number of nitrogens with zero attached hydrogens (tertiary/aromatic N) is 2. The third-order valence-electron chi connectivity index (χ3n) is 3.93. The van der Waals surface area contributed by atoms with Crippen LogP contribution in [0.5, 0.6) is 0 Å². The van der Waals surface area contributed by atoms with Crippen LogP contribution >= 0.6 is 0 Å². The first-order valence-electron chi connectivity index (χ1n) is 6.92. The molecule has 2 aromatic rings. The number of aromatic nitrogens is 2. The molecule has 4 heteroatoms. The molecule has 0 saturated carbocycles. The highest BCUT2D eigenvalue weighted by Gasteiger charge is 2.23. The molecular formula is C15H19N3O. The number of rotatable bonds is 4. The molecule has 1 N–H and O–H groups in total. The molecule has 4 nitrogen and oxygen atoms in total. The summed E-state index contributed by atoms with van der Waals surface area (Å²) in [6, 6.07) is 9.22. The first kappa shape index (κ1) is 12.4. The van der Waals surface area contributed by atoms with Gasteiger partial charge < -0.3 is 9.84 Å². The maximum absolute atomic E-state index is 5.01. The van der Waals surface area contributed by atoms with Gasteiger partial charge in [0.2, 0.25) is 5.89 Å². The highest BCUT2D eigenvalue weighted by atomic mass is 16.5. The van der Waals surface area contributed by atoms with Crippen molar-refractivity contribution in [2.45, 2.75) is 38.1 Å². The van der Waals surface area contributed by atoms with Crippen LogP contribution < -0.4 is 5.32 Å². The Balaban J connectivity index is 1.64. The minimum absolute atomic E-state index is 0.454. The fraction of sp³-hybridized carbons (Fsp3) is 0.467. The molecule has 0 fully saturated rings. The maximum atomic E-state index is 5.01. The summed E-state index contributed by atoms with van der Waals surface area (Å²) in [5.41, 5.74) is 2.94. The van der Waals surface area contributed by atoms with Gasteiger partial charge in [-0.1, -0.05) is 36.3 Å². The van der Waals surface area contributed by atoms with E-state index in [1.165, 1.54) is 30.3 Å². The van der Waals surface area contributed by atoms with E-state index in [0.717, 1.165) is 13.0 Å². The van der Waals surface area contributed by atoms with Crippen molar-refractivity contribution in [3.8, 4) is 0 Å². The predicted molar refractivity (Wildman–Crippen MR) is 72.8 cm³/mol. The van der Waals surface area contributed by atoms with E-state index in [9.17, 15) is 0 Å². The molecule has 2 unspecified atom stereocenters. The lowest BCUT2D eigenvalue weighted by molar-refractivity contribution is 0.366. The largest absolute Gasteiger partial charge is 0.340 e. The summed E-state index contributed by atoms with van der Waals surface area (Å²) in [7, 11) is 0. The number of hydrogen-bond donors (Lipinski definition) is 1. The van der Waals surface area contributed by atoms with Crippen LogP contribution in [0.3, 0.4) is 0 Å². The molecule has 19 heavy (non-hydrogen) atoms. The second-order valence-corrected chi connectivity index (χ2v) is 5.20. The van der Waals surface area contributed by atoms with Crippen molar-refractivity contribution in [3.05, 3.63) is 47.6 Å². The smallest absolute Gasteiger partial charge is 0.227 e. The molecule has 0 radical (unpaired) electrons. The minimum Gasteiger partial charge on any atom is -0.340 e. The highest BCUT2D eigenvalue weighted by Crippen LogP contribution is 2.36. The molecule has 1 heterocycles. The summed E-state index contributed by atoms with van der Waals surface area (Å²) < 4.78 is 5.01. The average Bonchev–Trinajstić information content (AvgIpc) is 2.95. The Morgan fingerprint density at radius 2 is 2.11 bits per heavy atom. The van der Waals surface area contributed by atoms with Gasteiger partial charge in [0.15, 0.2) is 6.33 Å². The van der Waals surface area contributed by atoms with Crippen molar-refractivity contribution < 1.29 is 4.52 Å². The molecule has 2 atom stereocenters. The minimum atomic E-state index is 0.454. The zero-order valence-corrected chi connectivity index (χ0v) is 11.2. The topological polar surface area (TPSA) is 51.0 Å². The Morgan fingerprint density at radius 3 is 2.89 bits per heavy atom. The molecule has 0 aliphatic heterocycles. The van der Waals surface area contributed by atoms with Gasteiger partial charge in [-0.15, -0.1) is 0 Å². The summed E-state index contributed by atoms with van der Waals surface area (Å²) in [4.78, 5) is 4.04. The maximum Gasteiger partial charge on any atom is 0.227 e. The highest BCUT2D eigenvalue weighted by molar-refractivity contribution is 5.34. The van der Waals surface area contributed by atoms with Crippen LogP contribution in [0, 0.1) is 0 Å². The SMILES string of the molecule is CC1CCC(NCCc2ncno2)c2ccccc21. The summed E-state index contributed by atoms with van der Waals surface area (Å²) in [6.45, 7) is 3.18. The van der Waals surface area contributed by atoms with E-state index in [4.69, 9.17) is 4.52 Å². The van der Waals surface area contributed by atoms with Gasteiger partial charge in [-0.05, 0) is 29.9 Å². The Bertz CT molecular complexity index is 524. The average molecular weight is 257 g/mol. The summed E-state index contributed by atoms with van der Waals surface area (Å²) in [5.74, 6) is 1.37. The van der Waals surface area contributed by atoms with Crippen molar-refractivity contribution in [1.82, 2.24) is 15.5 Å². The van der Waals surface area contributed by atoms with E-state index in [1.54, 1.807) is 0 Å². The van der Waals surface area contributed by atoms with Crippen molar-refractivity contribution in [3.63, 3.8) is 0 Å². The van der Waals surface area contributed by atoms with Gasteiger partial charge in [0.25, 0.3) is 0 Å². The first-order valence-corrected chi connectivity index (χ1v) is 6.92. The lowest BCUT2D eigenvalue weighted by atomic mass is 9.81. The zero-order chi connectivity index (χ0) is 13.1. The van der Waals surface area contributed by atoms with Gasteiger partial charge >= 0.3 is 0 Å². The summed E-state index contributed by atoms with van der Waals surface area (Å²) in [6.07, 6.45) is 4.68. The van der Waals surface area contributed by atoms with Crippen LogP contribution in [-0.4, -0.2) is 16.7 Å². The number of benzene rings is 1. The van der Waals surface area contributed by atoms with Crippen molar-refractivity contribution >= 4 is 0 Å². The predicted octanol–water partition coefficient (Wildman–Crippen LogP) is 2.84. The Hall–Kier alpha value is -1.68. The second-order valence-electron chi connectivity index (χ2n) is 5.20. The third kappa shape index (κ3) is 2.68. The zero-order valence-electron chi connectivity index (χ0n) is 11.2. The summed E-state index contributed by atoms with van der Waals surface area (Å²) >= 11 is 0. The molecule has 100 valence electrons. The molecule has 0 amide bonds. The van der Waals surface area contributed by atoms with Gasteiger partial charge in [-0.3, -0.25) is 0 Å². The molecule has 0 spiro atoms. The number of fused-ring (bicyclic) bond motifs is 1. The Kier molecular flexibility index (Phi) is 3.60. The Labute approximate surface area is 113 Å². The van der Waals surface area contributed by atoms with Crippen molar-refractivity contribution in [2.24, 2.45) is 0 Å². The fourth-order valence-corrected chi connectivity index (χ4v) is 2.88. The van der Waals surface area contributed by atoms with E-state index >= 15 is 0 Å². The molecule has 1 aliphatic rings. The quantitative estimate of drug-likeness (QED) is 0.915. The van der Waals surface area contributed by atoms with Crippen molar-refractivity contribution in [2.75, 3.05) is 6.54 Å². The first-order chi connectivity index (χ1) is 9.34. The van der Waals surface area contributed by atoms with Crippen LogP contribution in [0.15, 0.2) is 35.1 Å². The van der Waals surface area contributed by atoms with Gasteiger partial charge in [-0.25, -0.2) is 0 Å². The molecular weight excluding hydrogens is 238 g/mol. The molecule has 0 saturated heterocycles. The van der Waals surface area contributed by atoms with E-state index in [1.807, 2.05) is 0 Å². The lowest BCUT2D eigenvalue weighted by Crippen LogP contribution is -2.28. The van der Waals surface area contributed by atoms with Crippen molar-refractivity contribution in [1.29, 1.82) is 0 Å². The second kappa shape index (κ2) is 5.53. The van der Waals surface area contributed by atoms with Gasteiger partial charge in [0.05, 0.1) is 0 Å². The molecule has 1 aromatic heterocycles. The lowest BCUT2D eigenvalue weighted by Gasteiger charge is -2.30. The summed E-state index contributed by atoms with van der Waals surface area (Å²) in [5, 5.41) is 7.23. The van der Waals surface area contributed by atoms with Crippen LogP contribution in [0.1, 0.15) is 48.7 Å². The number of hydrogen-bond acceptors (Lipinski definition) is 4. The fourth-order valence-electron chi connectivity index (χ4n) is 2.88. The van der Waals surface area contributed by atoms with E-state index in [0.29, 0.717) is 17.9 Å². The van der Waals surface area contributed by atoms with Gasteiger partial charge in [0, 0.05) is 19.0 Å². The molecule has 3 rings (SSSR count). The molecule has 1 aromatic carbocycles. The number of nitrogens with one attached hydrogen (secondary N) is 1. The van der Waals surface area contributed by atoms with Crippen LogP contribution in [0.25, 0.3) is 0 Å². The van der Waals surface area contributed by atoms with E-state index < -0.39 is 0 Å². The Morgan fingerprint density at radius 1 is 1.26 bits per heavy atom. The molecule has 1 aliphatic carbocycles. The van der Waals surface area contributed by atoms with Crippen LogP contribution in [0.2, 0.25) is 0 Å². The van der Waals surface area contributed by atoms with Crippen LogP contribution in [-0.2, 0) is 6.42 Å². The normalized spacial score (nSPS) is 22.2. The monoisotopic (exact) mass is 257 g/mol. The third-order valence-corrected chi connectivity index (χ3v) is 3.93. The van der Waals surface area contributed by atoms with Gasteiger partial charge in [0.1, 0.15) is 0 Å². The van der Waals surface area contributed by atoms with E-state index in [-0.39, 0.29) is 0 Å².